The second-order valence-corrected chi connectivity index (χ2v) is 4.81. The fourth-order valence-electron chi connectivity index (χ4n) is 1.23. The van der Waals surface area contributed by atoms with Crippen LogP contribution in [0, 0.1) is 13.7 Å². The van der Waals surface area contributed by atoms with Gasteiger partial charge in [0.1, 0.15) is 3.57 Å². The second-order valence-electron chi connectivity index (χ2n) is 3.32. The highest BCUT2D eigenvalue weighted by atomic mass is 127. The van der Waals surface area contributed by atoms with Crippen molar-refractivity contribution < 1.29 is 9.66 Å². The van der Waals surface area contributed by atoms with Gasteiger partial charge in [-0.15, -0.1) is 0 Å². The molecule has 0 spiro atoms. The van der Waals surface area contributed by atoms with E-state index in [2.05, 4.69) is 9.97 Å². The van der Waals surface area contributed by atoms with E-state index in [1.165, 1.54) is 24.5 Å². The number of H-pyrrole nitrogens is 1. The summed E-state index contributed by atoms with van der Waals surface area (Å²) in [5.41, 5.74) is -0.536. The summed E-state index contributed by atoms with van der Waals surface area (Å²) < 4.78 is 5.56. The molecule has 0 radical (unpaired) electrons. The monoisotopic (exact) mass is 393 g/mol. The zero-order chi connectivity index (χ0) is 14.0. The lowest BCUT2D eigenvalue weighted by atomic mass is 10.3. The Morgan fingerprint density at radius 1 is 1.47 bits per heavy atom. The number of nitro groups is 1. The number of nitrogens with zero attached hydrogens (tertiary/aromatic N) is 2. The number of hydrogen-bond acceptors (Lipinski definition) is 5. The number of hydrogen-bond donors (Lipinski definition) is 1. The Kier molecular flexibility index (Phi) is 4.00. The molecule has 9 heteroatoms. The summed E-state index contributed by atoms with van der Waals surface area (Å²) >= 11 is 7.64. The van der Waals surface area contributed by atoms with Crippen LogP contribution in [0.2, 0.25) is 5.02 Å². The van der Waals surface area contributed by atoms with E-state index >= 15 is 0 Å². The molecule has 0 saturated heterocycles. The fourth-order valence-corrected chi connectivity index (χ4v) is 1.79. The van der Waals surface area contributed by atoms with Crippen LogP contribution >= 0.6 is 34.2 Å². The predicted molar refractivity (Wildman–Crippen MR) is 75.8 cm³/mol. The summed E-state index contributed by atoms with van der Waals surface area (Å²) in [6.45, 7) is 0. The molecule has 0 amide bonds. The summed E-state index contributed by atoms with van der Waals surface area (Å²) in [5, 5.41) is 10.9. The summed E-state index contributed by atoms with van der Waals surface area (Å²) in [5.74, 6) is 0.0960. The maximum atomic E-state index is 11.4. The molecular formula is C10H5ClIN3O4. The SMILES string of the molecule is O=c1[nH]cnc(Oc2cc([N+](=O)[O-])ccc2Cl)c1I. The van der Waals surface area contributed by atoms with Crippen molar-refractivity contribution in [3.05, 3.63) is 53.6 Å². The smallest absolute Gasteiger partial charge is 0.273 e. The molecule has 0 unspecified atom stereocenters. The van der Waals surface area contributed by atoms with Crippen LogP contribution in [-0.4, -0.2) is 14.9 Å². The first-order chi connectivity index (χ1) is 8.99. The van der Waals surface area contributed by atoms with Gasteiger partial charge in [0, 0.05) is 6.07 Å². The number of halogens is 2. The van der Waals surface area contributed by atoms with Crippen LogP contribution < -0.4 is 10.3 Å². The standard InChI is InChI=1S/C10H5ClIN3O4/c11-6-2-1-5(15(17)18)3-7(6)19-10-8(12)9(16)13-4-14-10/h1-4H,(H,13,14,16). The Bertz CT molecular complexity index is 703. The van der Waals surface area contributed by atoms with Crippen molar-refractivity contribution in [2.75, 3.05) is 0 Å². The van der Waals surface area contributed by atoms with Gasteiger partial charge in [-0.3, -0.25) is 14.9 Å². The predicted octanol–water partition coefficient (Wildman–Crippen LogP) is 2.73. The molecule has 2 rings (SSSR count). The first-order valence-corrected chi connectivity index (χ1v) is 6.29. The van der Waals surface area contributed by atoms with E-state index in [1.54, 1.807) is 22.6 Å². The molecule has 2 aromatic rings. The van der Waals surface area contributed by atoms with Gasteiger partial charge in [-0.05, 0) is 28.7 Å². The Balaban J connectivity index is 2.43. The van der Waals surface area contributed by atoms with Gasteiger partial charge >= 0.3 is 0 Å². The molecule has 0 aliphatic carbocycles. The molecule has 0 aliphatic rings. The molecule has 19 heavy (non-hydrogen) atoms. The number of non-ortho nitro benzene ring substituents is 1. The van der Waals surface area contributed by atoms with Crippen molar-refractivity contribution in [3.8, 4) is 11.6 Å². The van der Waals surface area contributed by atoms with Crippen molar-refractivity contribution in [2.24, 2.45) is 0 Å². The number of nitro benzene ring substituents is 1. The Morgan fingerprint density at radius 3 is 2.89 bits per heavy atom. The molecule has 0 aliphatic heterocycles. The van der Waals surface area contributed by atoms with Crippen molar-refractivity contribution >= 4 is 39.9 Å². The van der Waals surface area contributed by atoms with Crippen LogP contribution in [0.3, 0.4) is 0 Å². The van der Waals surface area contributed by atoms with E-state index in [0.29, 0.717) is 0 Å². The van der Waals surface area contributed by atoms with Gasteiger partial charge in [0.05, 0.1) is 22.3 Å². The summed E-state index contributed by atoms with van der Waals surface area (Å²) in [6.07, 6.45) is 1.17. The third kappa shape index (κ3) is 3.01. The minimum atomic E-state index is -0.570. The first-order valence-electron chi connectivity index (χ1n) is 4.84. The molecular weight excluding hydrogens is 388 g/mol. The van der Waals surface area contributed by atoms with E-state index in [9.17, 15) is 14.9 Å². The number of nitrogens with one attached hydrogen (secondary N) is 1. The number of benzene rings is 1. The van der Waals surface area contributed by atoms with Gasteiger partial charge in [-0.1, -0.05) is 11.6 Å². The average Bonchev–Trinajstić information content (AvgIpc) is 2.37. The van der Waals surface area contributed by atoms with Gasteiger partial charge in [-0.25, -0.2) is 4.98 Å². The minimum Gasteiger partial charge on any atom is -0.436 e. The average molecular weight is 394 g/mol. The lowest BCUT2D eigenvalue weighted by Crippen LogP contribution is -2.11. The molecule has 1 aromatic heterocycles. The summed E-state index contributed by atoms with van der Waals surface area (Å²) in [4.78, 5) is 27.7. The fraction of sp³-hybridized carbons (Fsp3) is 0. The lowest BCUT2D eigenvalue weighted by molar-refractivity contribution is -0.384. The maximum absolute atomic E-state index is 11.4. The molecule has 0 atom stereocenters. The summed E-state index contributed by atoms with van der Waals surface area (Å²) in [7, 11) is 0. The van der Waals surface area contributed by atoms with Crippen LogP contribution in [0.5, 0.6) is 11.6 Å². The van der Waals surface area contributed by atoms with E-state index in [0.717, 1.165) is 0 Å². The highest BCUT2D eigenvalue weighted by Gasteiger charge is 2.14. The lowest BCUT2D eigenvalue weighted by Gasteiger charge is -2.07. The van der Waals surface area contributed by atoms with E-state index in [4.69, 9.17) is 16.3 Å². The van der Waals surface area contributed by atoms with Crippen molar-refractivity contribution in [2.45, 2.75) is 0 Å². The van der Waals surface area contributed by atoms with E-state index < -0.39 is 4.92 Å². The molecule has 7 nitrogen and oxygen atoms in total. The molecule has 98 valence electrons. The van der Waals surface area contributed by atoms with Gasteiger partial charge in [0.15, 0.2) is 5.75 Å². The molecule has 0 bridgehead atoms. The molecule has 0 saturated carbocycles. The van der Waals surface area contributed by atoms with Crippen molar-refractivity contribution in [3.63, 3.8) is 0 Å². The maximum Gasteiger partial charge on any atom is 0.273 e. The normalized spacial score (nSPS) is 10.2. The van der Waals surface area contributed by atoms with Crippen LogP contribution in [0.1, 0.15) is 0 Å². The van der Waals surface area contributed by atoms with Gasteiger partial charge in [-0.2, -0.15) is 0 Å². The van der Waals surface area contributed by atoms with Crippen molar-refractivity contribution in [1.82, 2.24) is 9.97 Å². The van der Waals surface area contributed by atoms with Crippen LogP contribution in [-0.2, 0) is 0 Å². The Hall–Kier alpha value is -1.68. The Labute approximate surface area is 124 Å². The number of rotatable bonds is 3. The zero-order valence-corrected chi connectivity index (χ0v) is 12.0. The van der Waals surface area contributed by atoms with E-state index in [-0.39, 0.29) is 31.5 Å². The third-order valence-electron chi connectivity index (χ3n) is 2.10. The Morgan fingerprint density at radius 2 is 2.21 bits per heavy atom. The topological polar surface area (TPSA) is 98.1 Å². The van der Waals surface area contributed by atoms with Crippen molar-refractivity contribution in [1.29, 1.82) is 0 Å². The summed E-state index contributed by atoms with van der Waals surface area (Å²) in [6, 6.07) is 3.77. The quantitative estimate of drug-likeness (QED) is 0.491. The first kappa shape index (κ1) is 13.7. The van der Waals surface area contributed by atoms with Crippen LogP contribution in [0.15, 0.2) is 29.3 Å². The number of ether oxygens (including phenoxy) is 1. The van der Waals surface area contributed by atoms with E-state index in [1.807, 2.05) is 0 Å². The van der Waals surface area contributed by atoms with Gasteiger partial charge in [0.25, 0.3) is 11.2 Å². The third-order valence-corrected chi connectivity index (χ3v) is 3.36. The largest absolute Gasteiger partial charge is 0.436 e. The molecule has 1 N–H and O–H groups in total. The minimum absolute atomic E-state index is 0.0340. The van der Waals surface area contributed by atoms with Gasteiger partial charge in [0.2, 0.25) is 5.88 Å². The number of aromatic amines is 1. The van der Waals surface area contributed by atoms with Crippen LogP contribution in [0.25, 0.3) is 0 Å². The van der Waals surface area contributed by atoms with Crippen LogP contribution in [0.4, 0.5) is 5.69 Å². The second kappa shape index (κ2) is 5.53. The molecule has 1 aromatic carbocycles. The molecule has 1 heterocycles. The molecule has 0 fully saturated rings. The highest BCUT2D eigenvalue weighted by Crippen LogP contribution is 2.32. The zero-order valence-electron chi connectivity index (χ0n) is 9.09. The number of aromatic nitrogens is 2. The highest BCUT2D eigenvalue weighted by molar-refractivity contribution is 14.1. The van der Waals surface area contributed by atoms with Gasteiger partial charge < -0.3 is 9.72 Å².